The second-order valence-corrected chi connectivity index (χ2v) is 11.1. The number of nitrogens with one attached hydrogen (secondary N) is 3. The van der Waals surface area contributed by atoms with Gasteiger partial charge in [-0.05, 0) is 65.2 Å². The highest BCUT2D eigenvalue weighted by atomic mass is 16.5. The number of benzene rings is 1. The molecule has 0 aliphatic carbocycles. The number of ether oxygens (including phenoxy) is 3. The van der Waals surface area contributed by atoms with Crippen LogP contribution in [0.2, 0.25) is 0 Å². The van der Waals surface area contributed by atoms with Crippen molar-refractivity contribution in [1.29, 1.82) is 10.8 Å². The van der Waals surface area contributed by atoms with Gasteiger partial charge in [-0.2, -0.15) is 0 Å². The Kier molecular flexibility index (Phi) is 67.8. The zero-order chi connectivity index (χ0) is 49.9. The lowest BCUT2D eigenvalue weighted by atomic mass is 10.1. The first-order valence-corrected chi connectivity index (χ1v) is 18.7. The van der Waals surface area contributed by atoms with Crippen LogP contribution in [0.5, 0.6) is 11.5 Å². The second-order valence-electron chi connectivity index (χ2n) is 11.1. The van der Waals surface area contributed by atoms with Crippen molar-refractivity contribution in [3.8, 4) is 11.5 Å². The highest BCUT2D eigenvalue weighted by molar-refractivity contribution is 5.85. The first-order chi connectivity index (χ1) is 29.7. The van der Waals surface area contributed by atoms with Crippen molar-refractivity contribution in [3.05, 3.63) is 34.2 Å². The summed E-state index contributed by atoms with van der Waals surface area (Å²) in [6.07, 6.45) is 5.54. The lowest BCUT2D eigenvalue weighted by Gasteiger charge is -2.17. The molecule has 0 aliphatic heterocycles. The number of nitrogens with two attached hydrogens (primary N) is 7. The van der Waals surface area contributed by atoms with Gasteiger partial charge in [-0.15, -0.1) is 0 Å². The van der Waals surface area contributed by atoms with E-state index < -0.39 is 17.6 Å². The molecule has 0 fully saturated rings. The average molecular weight is 905 g/mol. The van der Waals surface area contributed by atoms with Crippen molar-refractivity contribution >= 4 is 74.4 Å². The predicted molar refractivity (Wildman–Crippen MR) is 245 cm³/mol. The number of rotatable bonds is 21. The minimum absolute atomic E-state index is 0. The van der Waals surface area contributed by atoms with Gasteiger partial charge < -0.3 is 89.3 Å². The Morgan fingerprint density at radius 2 is 1.22 bits per heavy atom. The van der Waals surface area contributed by atoms with E-state index in [1.807, 2.05) is 20.4 Å². The molecule has 2 aromatic rings. The Morgan fingerprint density at radius 1 is 0.714 bits per heavy atom. The number of esters is 1. The maximum atomic E-state index is 12.2. The molecule has 0 bridgehead atoms. The molecule has 0 radical (unpaired) electrons. The van der Waals surface area contributed by atoms with Crippen LogP contribution in [0.1, 0.15) is 97.1 Å². The van der Waals surface area contributed by atoms with E-state index in [1.165, 1.54) is 13.2 Å². The number of primary amides is 3. The van der Waals surface area contributed by atoms with Crippen LogP contribution in [0.4, 0.5) is 0 Å². The zero-order valence-corrected chi connectivity index (χ0v) is 36.5. The van der Waals surface area contributed by atoms with Gasteiger partial charge in [-0.3, -0.25) is 24.0 Å². The predicted octanol–water partition coefficient (Wildman–Crippen LogP) is 0.685. The number of fused-ring (bicyclic) bond motifs is 1. The molecule has 1 heterocycles. The van der Waals surface area contributed by atoms with Crippen molar-refractivity contribution in [2.75, 3.05) is 46.4 Å². The SMILES string of the molecule is C.C=N.C=N.C=O.C=O.C=O.CCCCCNC(=O)CCCOc1cc2oc(=O)cc(C(C)OC(=O)CCCN)c2cc1OC.NCC(N)=O.NCCC(N)=O.NCCCC(N)=O. The first kappa shape index (κ1) is 74.1. The number of hydrogen-bond donors (Lipinski definition) is 10. The van der Waals surface area contributed by atoms with Crippen molar-refractivity contribution in [3.63, 3.8) is 0 Å². The van der Waals surface area contributed by atoms with Crippen molar-refractivity contribution < 1.29 is 57.0 Å². The van der Waals surface area contributed by atoms with Crippen LogP contribution < -0.4 is 60.6 Å². The standard InChI is InChI=1S/C25H36N2O7.C4H10N2O.C3H8N2O.C2H6N2O.2CH3N.3CH2O.CH4/c1-4-5-6-12-27-23(28)9-8-13-32-22-16-20-19(14-21(22)31-3)18(15-25(30)34-20)17(2)33-24(29)10-7-11-26;5-3-1-2-4(6)7;4-2-1-3(5)6;3-1-2(4)5;5*1-2;/h14-17H,4-13,26H2,1-3H3,(H,27,28);1-3,5H2,(H2,6,7);1-2,4H2,(H2,5,6);1,3H2,(H2,4,5);2*2H,1H2;3*1H2;1H4. The second kappa shape index (κ2) is 57.7. The molecule has 1 atom stereocenters. The van der Waals surface area contributed by atoms with E-state index in [0.717, 1.165) is 19.3 Å². The average Bonchev–Trinajstić information content (AvgIpc) is 3.28. The van der Waals surface area contributed by atoms with Gasteiger partial charge in [-0.1, -0.05) is 27.2 Å². The topological polar surface area (TPSA) is 436 Å². The van der Waals surface area contributed by atoms with E-state index in [1.54, 1.807) is 19.1 Å². The van der Waals surface area contributed by atoms with E-state index in [-0.39, 0.29) is 49.7 Å². The Balaban J connectivity index is -0.000000142. The van der Waals surface area contributed by atoms with E-state index in [0.29, 0.717) is 93.8 Å². The maximum absolute atomic E-state index is 12.2. The Morgan fingerprint density at radius 3 is 1.62 bits per heavy atom. The monoisotopic (exact) mass is 905 g/mol. The van der Waals surface area contributed by atoms with Crippen LogP contribution in [0.15, 0.2) is 27.4 Å². The number of amides is 4. The van der Waals surface area contributed by atoms with Gasteiger partial charge >= 0.3 is 11.6 Å². The fourth-order valence-electron chi connectivity index (χ4n) is 3.89. The molecule has 17 N–H and O–H groups in total. The zero-order valence-electron chi connectivity index (χ0n) is 36.5. The first-order valence-electron chi connectivity index (χ1n) is 18.7. The summed E-state index contributed by atoms with van der Waals surface area (Å²) >= 11 is 0. The lowest BCUT2D eigenvalue weighted by Crippen LogP contribution is -2.24. The molecule has 23 nitrogen and oxygen atoms in total. The van der Waals surface area contributed by atoms with Crippen LogP contribution in [0, 0.1) is 10.8 Å². The molecule has 364 valence electrons. The Hall–Kier alpha value is -6.43. The molecule has 1 unspecified atom stereocenters. The fraction of sp³-hybridized carbons (Fsp3) is 0.525. The minimum atomic E-state index is -0.663. The number of methoxy groups -OCH3 is 1. The highest BCUT2D eigenvalue weighted by Gasteiger charge is 2.19. The minimum Gasteiger partial charge on any atom is -0.493 e. The summed E-state index contributed by atoms with van der Waals surface area (Å²) in [5.41, 5.74) is 34.4. The third kappa shape index (κ3) is 48.1. The fourth-order valence-corrected chi connectivity index (χ4v) is 3.89. The third-order valence-corrected chi connectivity index (χ3v) is 6.52. The highest BCUT2D eigenvalue weighted by Crippen LogP contribution is 2.35. The molecule has 2 rings (SSSR count). The smallest absolute Gasteiger partial charge is 0.336 e. The van der Waals surface area contributed by atoms with E-state index in [2.05, 4.69) is 37.1 Å². The lowest BCUT2D eigenvalue weighted by molar-refractivity contribution is -0.148. The molecule has 0 saturated carbocycles. The van der Waals surface area contributed by atoms with Gasteiger partial charge in [0.25, 0.3) is 0 Å². The summed E-state index contributed by atoms with van der Waals surface area (Å²) in [5, 5.41) is 14.5. The van der Waals surface area contributed by atoms with Crippen molar-refractivity contribution in [2.24, 2.45) is 40.1 Å². The normalized spacial score (nSPS) is 9.00. The van der Waals surface area contributed by atoms with Crippen LogP contribution in [0.3, 0.4) is 0 Å². The number of carbonyl (C=O) groups is 8. The molecular weight excluding hydrogens is 828 g/mol. The number of carbonyl (C=O) groups excluding carboxylic acids is 8. The molecule has 4 amide bonds. The summed E-state index contributed by atoms with van der Waals surface area (Å²) in [4.78, 5) is 89.2. The molecule has 0 aliphatic rings. The molecule has 1 aromatic heterocycles. The van der Waals surface area contributed by atoms with Gasteiger partial charge in [0.05, 0.1) is 20.3 Å². The van der Waals surface area contributed by atoms with Crippen LogP contribution >= 0.6 is 0 Å². The van der Waals surface area contributed by atoms with Crippen molar-refractivity contribution in [1.82, 2.24) is 5.32 Å². The largest absolute Gasteiger partial charge is 0.493 e. The van der Waals surface area contributed by atoms with Crippen molar-refractivity contribution in [2.45, 2.75) is 91.6 Å². The third-order valence-electron chi connectivity index (χ3n) is 6.52. The van der Waals surface area contributed by atoms with Crippen LogP contribution in [-0.4, -0.2) is 110 Å². The maximum Gasteiger partial charge on any atom is 0.336 e. The molecular formula is C40H76N10O13. The molecule has 23 heteroatoms. The van der Waals surface area contributed by atoms with Gasteiger partial charge in [-0.25, -0.2) is 4.79 Å². The number of unbranched alkanes of at least 4 members (excludes halogenated alkanes) is 2. The Labute approximate surface area is 370 Å². The summed E-state index contributed by atoms with van der Waals surface area (Å²) in [7, 11) is 1.51. The Bertz CT molecular complexity index is 1490. The summed E-state index contributed by atoms with van der Waals surface area (Å²) in [6.45, 7) is 17.0. The van der Waals surface area contributed by atoms with Gasteiger partial charge in [0.2, 0.25) is 23.6 Å². The van der Waals surface area contributed by atoms with Gasteiger partial charge in [0, 0.05) is 61.9 Å². The molecule has 0 spiro atoms. The summed E-state index contributed by atoms with van der Waals surface area (Å²) in [6, 6.07) is 4.57. The number of hydrogen-bond acceptors (Lipinski definition) is 19. The molecule has 0 saturated heterocycles. The quantitative estimate of drug-likeness (QED) is 0.0356. The van der Waals surface area contributed by atoms with Crippen LogP contribution in [-0.2, 0) is 43.1 Å². The van der Waals surface area contributed by atoms with E-state index in [4.69, 9.17) is 72.5 Å². The van der Waals surface area contributed by atoms with E-state index in [9.17, 15) is 28.8 Å². The van der Waals surface area contributed by atoms with E-state index >= 15 is 0 Å². The van der Waals surface area contributed by atoms with Gasteiger partial charge in [0.1, 0.15) is 32.1 Å². The summed E-state index contributed by atoms with van der Waals surface area (Å²) < 4.78 is 22.1. The van der Waals surface area contributed by atoms with Gasteiger partial charge in [0.15, 0.2) is 11.5 Å². The summed E-state index contributed by atoms with van der Waals surface area (Å²) in [5.74, 6) is -0.635. The molecule has 1 aromatic carbocycles. The van der Waals surface area contributed by atoms with Crippen LogP contribution in [0.25, 0.3) is 11.0 Å². The molecule has 63 heavy (non-hydrogen) atoms.